The first-order valence-corrected chi connectivity index (χ1v) is 11.6. The van der Waals surface area contributed by atoms with Gasteiger partial charge in [-0.3, -0.25) is 0 Å². The van der Waals surface area contributed by atoms with E-state index in [-0.39, 0.29) is 30.4 Å². The second-order valence-electron chi connectivity index (χ2n) is 7.39. The third-order valence-corrected chi connectivity index (χ3v) is 5.93. The lowest BCUT2D eigenvalue weighted by Crippen LogP contribution is -2.46. The molecular weight excluding hydrogens is 479 g/mol. The molecule has 2 aromatic heterocycles. The molecule has 1 aliphatic rings. The van der Waals surface area contributed by atoms with Crippen molar-refractivity contribution in [2.24, 2.45) is 0 Å². The third-order valence-electron chi connectivity index (χ3n) is 4.96. The molecule has 3 aromatic rings. The lowest BCUT2D eigenvalue weighted by atomic mass is 10.0. The van der Waals surface area contributed by atoms with E-state index in [4.69, 9.17) is 19.7 Å². The molecule has 0 fully saturated rings. The van der Waals surface area contributed by atoms with E-state index in [2.05, 4.69) is 20.8 Å². The Kier molecular flexibility index (Phi) is 7.25. The number of amides is 2. The minimum atomic E-state index is -0.817. The van der Waals surface area contributed by atoms with Crippen molar-refractivity contribution in [3.63, 3.8) is 0 Å². The Hall–Kier alpha value is -4.00. The van der Waals surface area contributed by atoms with Gasteiger partial charge in [-0.05, 0) is 50.2 Å². The van der Waals surface area contributed by atoms with Crippen LogP contribution in [0.5, 0.6) is 5.75 Å². The maximum atomic E-state index is 13.0. The van der Waals surface area contributed by atoms with E-state index in [0.29, 0.717) is 33.9 Å². The second-order valence-corrected chi connectivity index (χ2v) is 8.34. The highest BCUT2D eigenvalue weighted by atomic mass is 32.2. The van der Waals surface area contributed by atoms with Crippen molar-refractivity contribution in [3.05, 3.63) is 70.8 Å². The van der Waals surface area contributed by atoms with Gasteiger partial charge in [0.1, 0.15) is 35.7 Å². The fourth-order valence-corrected chi connectivity index (χ4v) is 4.17. The van der Waals surface area contributed by atoms with Gasteiger partial charge in [-0.2, -0.15) is 0 Å². The van der Waals surface area contributed by atoms with Crippen LogP contribution in [0, 0.1) is 12.7 Å². The average molecular weight is 503 g/mol. The van der Waals surface area contributed by atoms with Crippen LogP contribution in [0.3, 0.4) is 0 Å². The summed E-state index contributed by atoms with van der Waals surface area (Å²) in [6.45, 7) is 3.63. The Balaban J connectivity index is 1.52. The van der Waals surface area contributed by atoms with Gasteiger partial charge in [0.2, 0.25) is 5.16 Å². The average Bonchev–Trinajstić information content (AvgIpc) is 3.42. The molecule has 0 saturated carbocycles. The van der Waals surface area contributed by atoms with Gasteiger partial charge < -0.3 is 30.4 Å². The summed E-state index contributed by atoms with van der Waals surface area (Å²) in [5, 5.41) is 13.8. The van der Waals surface area contributed by atoms with Gasteiger partial charge >= 0.3 is 12.0 Å². The highest BCUT2D eigenvalue weighted by Crippen LogP contribution is 2.31. The summed E-state index contributed by atoms with van der Waals surface area (Å²) in [5.41, 5.74) is 0.555. The normalized spacial score (nSPS) is 15.5. The van der Waals surface area contributed by atoms with Crippen LogP contribution in [-0.2, 0) is 16.1 Å². The number of furan rings is 1. The topological polar surface area (TPSA) is 147 Å². The standard InChI is InChI=1S/C22H23FN6O5S/c1-3-32-20(30)18-15(25-21(31)26-19(18)16-9-4-12(2)34-16)11-35-22-28-27-17(29(22)24)10-33-14-7-5-13(23)6-8-14/h4-9,19H,3,10-11,24H2,1-2H3,(H2,25,26,31)/t19-/m1/s1. The summed E-state index contributed by atoms with van der Waals surface area (Å²) in [4.78, 5) is 25.2. The van der Waals surface area contributed by atoms with Crippen molar-refractivity contribution in [1.29, 1.82) is 0 Å². The van der Waals surface area contributed by atoms with Crippen molar-refractivity contribution >= 4 is 23.8 Å². The monoisotopic (exact) mass is 502 g/mol. The molecule has 2 amide bonds. The van der Waals surface area contributed by atoms with E-state index in [1.165, 1.54) is 28.9 Å². The highest BCUT2D eigenvalue weighted by Gasteiger charge is 2.35. The van der Waals surface area contributed by atoms with Crippen molar-refractivity contribution < 1.29 is 27.9 Å². The number of thioether (sulfide) groups is 1. The predicted octanol–water partition coefficient (Wildman–Crippen LogP) is 2.57. The number of ether oxygens (including phenoxy) is 2. The number of nitrogens with one attached hydrogen (secondary N) is 2. The molecule has 0 radical (unpaired) electrons. The van der Waals surface area contributed by atoms with Crippen molar-refractivity contribution in [1.82, 2.24) is 25.5 Å². The summed E-state index contributed by atoms with van der Waals surface area (Å²) < 4.78 is 30.7. The molecule has 13 heteroatoms. The van der Waals surface area contributed by atoms with Gasteiger partial charge in [0.15, 0.2) is 5.82 Å². The minimum Gasteiger partial charge on any atom is -0.486 e. The molecule has 0 unspecified atom stereocenters. The highest BCUT2D eigenvalue weighted by molar-refractivity contribution is 7.99. The van der Waals surface area contributed by atoms with Crippen molar-refractivity contribution in [3.8, 4) is 5.75 Å². The maximum absolute atomic E-state index is 13.0. The Morgan fingerprint density at radius 3 is 2.71 bits per heavy atom. The van der Waals surface area contributed by atoms with Crippen molar-refractivity contribution in [2.75, 3.05) is 18.2 Å². The molecule has 0 aliphatic carbocycles. The summed E-state index contributed by atoms with van der Waals surface area (Å²) >= 11 is 1.16. The van der Waals surface area contributed by atoms with E-state index in [0.717, 1.165) is 11.8 Å². The predicted molar refractivity (Wildman–Crippen MR) is 123 cm³/mol. The van der Waals surface area contributed by atoms with Crippen molar-refractivity contribution in [2.45, 2.75) is 31.7 Å². The van der Waals surface area contributed by atoms with Crippen LogP contribution in [0.25, 0.3) is 0 Å². The molecule has 11 nitrogen and oxygen atoms in total. The molecule has 0 saturated heterocycles. The van der Waals surface area contributed by atoms with Gasteiger partial charge in [-0.15, -0.1) is 10.2 Å². The largest absolute Gasteiger partial charge is 0.486 e. The van der Waals surface area contributed by atoms with Crippen LogP contribution >= 0.6 is 11.8 Å². The fourth-order valence-electron chi connectivity index (χ4n) is 3.32. The number of urea groups is 1. The fraction of sp³-hybridized carbons (Fsp3) is 0.273. The summed E-state index contributed by atoms with van der Waals surface area (Å²) in [6, 6.07) is 7.67. The summed E-state index contributed by atoms with van der Waals surface area (Å²) in [7, 11) is 0. The number of aromatic nitrogens is 3. The third kappa shape index (κ3) is 5.57. The molecule has 1 aromatic carbocycles. The summed E-state index contributed by atoms with van der Waals surface area (Å²) in [5.74, 6) is 7.12. The molecule has 35 heavy (non-hydrogen) atoms. The number of carbonyl (C=O) groups excluding carboxylic acids is 2. The number of benzene rings is 1. The molecule has 3 heterocycles. The second kappa shape index (κ2) is 10.5. The lowest BCUT2D eigenvalue weighted by molar-refractivity contribution is -0.139. The number of aryl methyl sites for hydroxylation is 1. The van der Waals surface area contributed by atoms with Crippen LogP contribution in [0.15, 0.2) is 57.2 Å². The molecule has 184 valence electrons. The summed E-state index contributed by atoms with van der Waals surface area (Å²) in [6.07, 6.45) is 0. The van der Waals surface area contributed by atoms with Crippen LogP contribution in [0.1, 0.15) is 30.3 Å². The van der Waals surface area contributed by atoms with Gasteiger partial charge in [-0.1, -0.05) is 11.8 Å². The molecule has 4 N–H and O–H groups in total. The molecule has 1 aliphatic heterocycles. The first-order chi connectivity index (χ1) is 16.9. The number of hydrogen-bond acceptors (Lipinski definition) is 9. The number of carbonyl (C=O) groups is 2. The number of nitrogens with zero attached hydrogens (tertiary/aromatic N) is 3. The number of nitrogen functional groups attached to an aromatic ring is 1. The first kappa shape index (κ1) is 24.1. The van der Waals surface area contributed by atoms with Gasteiger partial charge in [0, 0.05) is 11.4 Å². The lowest BCUT2D eigenvalue weighted by Gasteiger charge is -2.27. The van der Waals surface area contributed by atoms with Crippen LogP contribution in [0.2, 0.25) is 0 Å². The van der Waals surface area contributed by atoms with Gasteiger partial charge in [0.25, 0.3) is 0 Å². The number of rotatable bonds is 9. The van der Waals surface area contributed by atoms with Crippen LogP contribution in [-0.4, -0.2) is 39.2 Å². The first-order valence-electron chi connectivity index (χ1n) is 10.6. The van der Waals surface area contributed by atoms with Crippen LogP contribution in [0.4, 0.5) is 9.18 Å². The zero-order chi connectivity index (χ0) is 24.9. The zero-order valence-electron chi connectivity index (χ0n) is 18.9. The van der Waals surface area contributed by atoms with Crippen LogP contribution < -0.4 is 21.2 Å². The van der Waals surface area contributed by atoms with E-state index in [1.54, 1.807) is 26.0 Å². The SMILES string of the molecule is CCOC(=O)C1=C(CSc2nnc(COc3ccc(F)cc3)n2N)NC(=O)N[C@@H]1c1ccc(C)o1. The van der Waals surface area contributed by atoms with E-state index < -0.39 is 18.0 Å². The molecule has 4 rings (SSSR count). The van der Waals surface area contributed by atoms with E-state index in [1.807, 2.05) is 0 Å². The Bertz CT molecular complexity index is 1260. The molecule has 1 atom stereocenters. The Morgan fingerprint density at radius 1 is 1.26 bits per heavy atom. The maximum Gasteiger partial charge on any atom is 0.338 e. The number of hydrogen-bond donors (Lipinski definition) is 3. The quantitative estimate of drug-likeness (QED) is 0.228. The zero-order valence-corrected chi connectivity index (χ0v) is 19.7. The minimum absolute atomic E-state index is 0.00698. The van der Waals surface area contributed by atoms with Gasteiger partial charge in [-0.25, -0.2) is 18.7 Å². The molecule has 0 bridgehead atoms. The smallest absolute Gasteiger partial charge is 0.338 e. The van der Waals surface area contributed by atoms with E-state index >= 15 is 0 Å². The number of nitrogens with two attached hydrogens (primary N) is 1. The van der Waals surface area contributed by atoms with E-state index in [9.17, 15) is 14.0 Å². The van der Waals surface area contributed by atoms with Gasteiger partial charge in [0.05, 0.1) is 12.2 Å². The number of halogens is 1. The molecule has 0 spiro atoms. The Morgan fingerprint density at radius 2 is 2.03 bits per heavy atom. The Labute approximate surface area is 203 Å². The molecular formula is C22H23FN6O5S. The number of esters is 1.